The number of anilines is 1. The van der Waals surface area contributed by atoms with Crippen molar-refractivity contribution >= 4 is 55.3 Å². The maximum Gasteiger partial charge on any atom is 0.349 e. The number of aryl methyl sites for hydroxylation is 1. The first-order chi connectivity index (χ1) is 15.0. The second-order valence-corrected chi connectivity index (χ2v) is 8.64. The molecule has 10 heteroatoms. The summed E-state index contributed by atoms with van der Waals surface area (Å²) in [6.07, 6.45) is 0. The van der Waals surface area contributed by atoms with Gasteiger partial charge in [-0.15, -0.1) is 10.2 Å². The van der Waals surface area contributed by atoms with E-state index in [0.717, 1.165) is 32.9 Å². The lowest BCUT2D eigenvalue weighted by Crippen LogP contribution is -2.13. The van der Waals surface area contributed by atoms with Crippen LogP contribution < -0.4 is 10.9 Å². The van der Waals surface area contributed by atoms with Gasteiger partial charge in [0.1, 0.15) is 11.1 Å². The molecule has 3 aromatic heterocycles. The van der Waals surface area contributed by atoms with E-state index >= 15 is 0 Å². The van der Waals surface area contributed by atoms with Crippen molar-refractivity contribution in [2.24, 2.45) is 0 Å². The van der Waals surface area contributed by atoms with Gasteiger partial charge in [-0.2, -0.15) is 0 Å². The Hall–Kier alpha value is -3.50. The maximum atomic E-state index is 12.3. The first kappa shape index (κ1) is 19.5. The Morgan fingerprint density at radius 1 is 1.13 bits per heavy atom. The lowest BCUT2D eigenvalue weighted by Gasteiger charge is -1.99. The number of fused-ring (bicyclic) bond motifs is 2. The van der Waals surface area contributed by atoms with E-state index in [1.165, 1.54) is 11.3 Å². The number of thiazole rings is 1. The van der Waals surface area contributed by atoms with Gasteiger partial charge in [0.05, 0.1) is 16.0 Å². The fourth-order valence-electron chi connectivity index (χ4n) is 2.96. The van der Waals surface area contributed by atoms with Crippen molar-refractivity contribution in [2.45, 2.75) is 12.1 Å². The van der Waals surface area contributed by atoms with Crippen LogP contribution in [0.15, 0.2) is 67.4 Å². The fourth-order valence-corrected chi connectivity index (χ4v) is 4.50. The third-order valence-corrected chi connectivity index (χ3v) is 6.15. The van der Waals surface area contributed by atoms with Gasteiger partial charge < -0.3 is 14.2 Å². The molecule has 5 aromatic rings. The first-order valence-electron chi connectivity index (χ1n) is 9.22. The van der Waals surface area contributed by atoms with E-state index in [4.69, 9.17) is 8.83 Å². The second-order valence-electron chi connectivity index (χ2n) is 6.69. The van der Waals surface area contributed by atoms with E-state index in [1.807, 2.05) is 37.3 Å². The third-order valence-electron chi connectivity index (χ3n) is 4.40. The van der Waals surface area contributed by atoms with Gasteiger partial charge in [-0.05, 0) is 36.8 Å². The largest absolute Gasteiger partial charge is 0.422 e. The van der Waals surface area contributed by atoms with Crippen LogP contribution in [0, 0.1) is 6.92 Å². The smallest absolute Gasteiger partial charge is 0.349 e. The van der Waals surface area contributed by atoms with Crippen molar-refractivity contribution in [1.29, 1.82) is 0 Å². The summed E-state index contributed by atoms with van der Waals surface area (Å²) in [5.41, 5.74) is 2.06. The monoisotopic (exact) mass is 450 g/mol. The molecule has 5 rings (SSSR count). The highest BCUT2D eigenvalue weighted by atomic mass is 32.2. The van der Waals surface area contributed by atoms with E-state index in [0.29, 0.717) is 10.7 Å². The average Bonchev–Trinajstić information content (AvgIpc) is 3.38. The summed E-state index contributed by atoms with van der Waals surface area (Å²) in [4.78, 5) is 28.9. The Bertz CT molecular complexity index is 1490. The molecule has 31 heavy (non-hydrogen) atoms. The highest BCUT2D eigenvalue weighted by Crippen LogP contribution is 2.27. The lowest BCUT2D eigenvalue weighted by molar-refractivity contribution is -0.113. The number of hydrogen-bond donors (Lipinski definition) is 1. The number of amides is 1. The first-order valence-corrected chi connectivity index (χ1v) is 11.0. The summed E-state index contributed by atoms with van der Waals surface area (Å²) in [6.45, 7) is 2.01. The molecule has 2 aromatic carbocycles. The number of thioether (sulfide) groups is 1. The SMILES string of the molecule is Cc1ccc2nc(NC(=O)CSc3nnc(-c4cc5ccccc5oc4=O)o3)sc2c1. The summed E-state index contributed by atoms with van der Waals surface area (Å²) in [5, 5.41) is 12.1. The molecule has 0 aliphatic rings. The lowest BCUT2D eigenvalue weighted by atomic mass is 10.2. The molecule has 0 spiro atoms. The van der Waals surface area contributed by atoms with Crippen LogP contribution in [0.5, 0.6) is 0 Å². The van der Waals surface area contributed by atoms with Gasteiger partial charge in [-0.3, -0.25) is 4.79 Å². The summed E-state index contributed by atoms with van der Waals surface area (Å²) in [6, 6.07) is 14.7. The number of carbonyl (C=O) groups excluding carboxylic acids is 1. The van der Waals surface area contributed by atoms with Crippen LogP contribution in [0.3, 0.4) is 0 Å². The highest BCUT2D eigenvalue weighted by Gasteiger charge is 2.16. The van der Waals surface area contributed by atoms with Gasteiger partial charge in [-0.1, -0.05) is 47.4 Å². The van der Waals surface area contributed by atoms with Gasteiger partial charge in [0.15, 0.2) is 5.13 Å². The number of benzene rings is 2. The molecule has 8 nitrogen and oxygen atoms in total. The zero-order valence-corrected chi connectivity index (χ0v) is 17.8. The molecular formula is C21H14N4O4S2. The van der Waals surface area contributed by atoms with Crippen LogP contribution >= 0.6 is 23.1 Å². The van der Waals surface area contributed by atoms with Gasteiger partial charge in [-0.25, -0.2) is 9.78 Å². The molecule has 0 atom stereocenters. The molecule has 0 unspecified atom stereocenters. The van der Waals surface area contributed by atoms with Crippen LogP contribution in [0.25, 0.3) is 32.6 Å². The van der Waals surface area contributed by atoms with E-state index in [-0.39, 0.29) is 28.3 Å². The number of aromatic nitrogens is 3. The van der Waals surface area contributed by atoms with Crippen LogP contribution in [0.1, 0.15) is 5.56 Å². The van der Waals surface area contributed by atoms with E-state index in [2.05, 4.69) is 20.5 Å². The summed E-state index contributed by atoms with van der Waals surface area (Å²) >= 11 is 2.49. The predicted octanol–water partition coefficient (Wildman–Crippen LogP) is 4.49. The molecular weight excluding hydrogens is 436 g/mol. The Kier molecular flexibility index (Phi) is 5.00. The standard InChI is InChI=1S/C21H14N4O4S2/c1-11-6-7-14-16(8-11)31-20(22-14)23-17(26)10-30-21-25-24-18(29-21)13-9-12-4-2-3-5-15(12)28-19(13)27/h2-9H,10H2,1H3,(H,22,23,26). The van der Waals surface area contributed by atoms with Gasteiger partial charge in [0.2, 0.25) is 5.91 Å². The van der Waals surface area contributed by atoms with Crippen molar-refractivity contribution in [3.63, 3.8) is 0 Å². The summed E-state index contributed by atoms with van der Waals surface area (Å²) in [7, 11) is 0. The van der Waals surface area contributed by atoms with E-state index in [1.54, 1.807) is 18.2 Å². The fraction of sp³-hybridized carbons (Fsp3) is 0.0952. The van der Waals surface area contributed by atoms with Crippen molar-refractivity contribution in [3.8, 4) is 11.5 Å². The van der Waals surface area contributed by atoms with Crippen LogP contribution in [0.4, 0.5) is 5.13 Å². The Morgan fingerprint density at radius 2 is 2.00 bits per heavy atom. The zero-order chi connectivity index (χ0) is 21.4. The maximum absolute atomic E-state index is 12.3. The normalized spacial score (nSPS) is 11.3. The van der Waals surface area contributed by atoms with E-state index < -0.39 is 5.63 Å². The number of hydrogen-bond acceptors (Lipinski definition) is 9. The Labute approximate surface area is 183 Å². The molecule has 154 valence electrons. The molecule has 1 N–H and O–H groups in total. The highest BCUT2D eigenvalue weighted by molar-refractivity contribution is 7.99. The Balaban J connectivity index is 1.27. The van der Waals surface area contributed by atoms with Crippen LogP contribution in [0.2, 0.25) is 0 Å². The molecule has 0 bridgehead atoms. The van der Waals surface area contributed by atoms with Gasteiger partial charge in [0.25, 0.3) is 11.1 Å². The molecule has 0 saturated carbocycles. The number of carbonyl (C=O) groups is 1. The van der Waals surface area contributed by atoms with Crippen molar-refractivity contribution < 1.29 is 13.6 Å². The minimum atomic E-state index is -0.567. The number of nitrogens with one attached hydrogen (secondary N) is 1. The Morgan fingerprint density at radius 3 is 2.90 bits per heavy atom. The van der Waals surface area contributed by atoms with Crippen molar-refractivity contribution in [1.82, 2.24) is 15.2 Å². The average molecular weight is 451 g/mol. The van der Waals surface area contributed by atoms with Gasteiger partial charge in [0, 0.05) is 5.39 Å². The third kappa shape index (κ3) is 4.07. The summed E-state index contributed by atoms with van der Waals surface area (Å²) < 4.78 is 11.9. The molecule has 0 saturated heterocycles. The topological polar surface area (TPSA) is 111 Å². The summed E-state index contributed by atoms with van der Waals surface area (Å²) in [5.74, 6) is -0.141. The van der Waals surface area contributed by atoms with Crippen molar-refractivity contribution in [2.75, 3.05) is 11.1 Å². The van der Waals surface area contributed by atoms with Crippen LogP contribution in [-0.4, -0.2) is 26.8 Å². The number of para-hydroxylation sites is 1. The molecule has 0 aliphatic heterocycles. The van der Waals surface area contributed by atoms with Crippen molar-refractivity contribution in [3.05, 3.63) is 64.5 Å². The minimum Gasteiger partial charge on any atom is -0.422 e. The minimum absolute atomic E-state index is 0.0453. The van der Waals surface area contributed by atoms with Crippen LogP contribution in [-0.2, 0) is 4.79 Å². The molecule has 0 fully saturated rings. The molecule has 3 heterocycles. The molecule has 0 radical (unpaired) electrons. The van der Waals surface area contributed by atoms with E-state index in [9.17, 15) is 9.59 Å². The zero-order valence-electron chi connectivity index (χ0n) is 16.1. The van der Waals surface area contributed by atoms with Gasteiger partial charge >= 0.3 is 5.63 Å². The molecule has 1 amide bonds. The predicted molar refractivity (Wildman–Crippen MR) is 119 cm³/mol. The molecule has 0 aliphatic carbocycles. The number of rotatable bonds is 5. The second kappa shape index (κ2) is 7.97. The quantitative estimate of drug-likeness (QED) is 0.308. The number of nitrogens with zero attached hydrogens (tertiary/aromatic N) is 3.